The van der Waals surface area contributed by atoms with Crippen LogP contribution < -0.4 is 10.6 Å². The van der Waals surface area contributed by atoms with Gasteiger partial charge in [0.1, 0.15) is 6.54 Å². The van der Waals surface area contributed by atoms with Gasteiger partial charge in [0.05, 0.1) is 0 Å². The van der Waals surface area contributed by atoms with Crippen molar-refractivity contribution in [1.82, 2.24) is 20.4 Å². The fourth-order valence-corrected chi connectivity index (χ4v) is 3.09. The molecular weight excluding hydrogens is 453 g/mol. The normalized spacial score (nSPS) is 15.4. The molecule has 1 aliphatic rings. The standard InChI is InChI=1S/C20H33N5O.HI/c1-4-21-20(23-16-19(26)25-12-8-9-13-25)22-15-18(24(2)3)14-17-10-6-5-7-11-17;/h5-7,10-11,18H,4,8-9,12-16H2,1-3H3,(H2,21,22,23);1H. The maximum Gasteiger partial charge on any atom is 0.244 e. The Bertz CT molecular complexity index is 573. The van der Waals surface area contributed by atoms with Gasteiger partial charge in [0.25, 0.3) is 0 Å². The van der Waals surface area contributed by atoms with Crippen LogP contribution in [0.15, 0.2) is 35.3 Å². The molecular formula is C20H34IN5O. The third kappa shape index (κ3) is 8.47. The van der Waals surface area contributed by atoms with Gasteiger partial charge in [-0.25, -0.2) is 4.99 Å². The number of likely N-dealkylation sites (tertiary alicyclic amines) is 1. The number of likely N-dealkylation sites (N-methyl/N-ethyl adjacent to an activating group) is 1. The molecule has 0 bridgehead atoms. The zero-order chi connectivity index (χ0) is 18.8. The molecule has 1 atom stereocenters. The van der Waals surface area contributed by atoms with E-state index in [-0.39, 0.29) is 36.4 Å². The highest BCUT2D eigenvalue weighted by Crippen LogP contribution is 2.08. The lowest BCUT2D eigenvalue weighted by Gasteiger charge is -2.26. The van der Waals surface area contributed by atoms with Crippen LogP contribution in [-0.4, -0.2) is 74.5 Å². The van der Waals surface area contributed by atoms with E-state index < -0.39 is 0 Å². The zero-order valence-electron chi connectivity index (χ0n) is 16.8. The lowest BCUT2D eigenvalue weighted by atomic mass is 10.1. The Morgan fingerprint density at radius 3 is 2.44 bits per heavy atom. The first-order valence-corrected chi connectivity index (χ1v) is 9.60. The van der Waals surface area contributed by atoms with Gasteiger partial charge in [0.2, 0.25) is 5.91 Å². The van der Waals surface area contributed by atoms with Crippen LogP contribution in [0.1, 0.15) is 25.3 Å². The fraction of sp³-hybridized carbons (Fsp3) is 0.600. The number of nitrogens with zero attached hydrogens (tertiary/aromatic N) is 3. The minimum absolute atomic E-state index is 0. The quantitative estimate of drug-likeness (QED) is 0.335. The molecule has 6 nitrogen and oxygen atoms in total. The van der Waals surface area contributed by atoms with Crippen molar-refractivity contribution in [2.45, 2.75) is 32.2 Å². The summed E-state index contributed by atoms with van der Waals surface area (Å²) in [6, 6.07) is 10.8. The molecule has 1 aliphatic heterocycles. The highest BCUT2D eigenvalue weighted by atomic mass is 127. The Hall–Kier alpha value is -1.35. The van der Waals surface area contributed by atoms with E-state index in [1.165, 1.54) is 5.56 Å². The van der Waals surface area contributed by atoms with Crippen LogP contribution in [-0.2, 0) is 11.2 Å². The number of hydrogen-bond donors (Lipinski definition) is 2. The number of hydrogen-bond acceptors (Lipinski definition) is 3. The molecule has 1 aromatic carbocycles. The van der Waals surface area contributed by atoms with Crippen molar-refractivity contribution in [3.63, 3.8) is 0 Å². The molecule has 27 heavy (non-hydrogen) atoms. The third-order valence-electron chi connectivity index (χ3n) is 4.73. The van der Waals surface area contributed by atoms with E-state index in [2.05, 4.69) is 58.9 Å². The van der Waals surface area contributed by atoms with E-state index in [1.54, 1.807) is 0 Å². The average Bonchev–Trinajstić information content (AvgIpc) is 3.18. The van der Waals surface area contributed by atoms with Crippen molar-refractivity contribution in [1.29, 1.82) is 0 Å². The lowest BCUT2D eigenvalue weighted by molar-refractivity contribution is -0.128. The molecule has 0 saturated carbocycles. The smallest absolute Gasteiger partial charge is 0.244 e. The zero-order valence-corrected chi connectivity index (χ0v) is 19.1. The van der Waals surface area contributed by atoms with Gasteiger partial charge in [-0.15, -0.1) is 24.0 Å². The molecule has 1 saturated heterocycles. The molecule has 1 heterocycles. The summed E-state index contributed by atoms with van der Waals surface area (Å²) >= 11 is 0. The number of amides is 1. The maximum atomic E-state index is 12.2. The molecule has 1 fully saturated rings. The van der Waals surface area contributed by atoms with Crippen molar-refractivity contribution in [2.24, 2.45) is 4.99 Å². The molecule has 0 aromatic heterocycles. The van der Waals surface area contributed by atoms with Crippen molar-refractivity contribution >= 4 is 35.8 Å². The van der Waals surface area contributed by atoms with E-state index in [9.17, 15) is 4.79 Å². The fourth-order valence-electron chi connectivity index (χ4n) is 3.09. The summed E-state index contributed by atoms with van der Waals surface area (Å²) in [5, 5.41) is 6.63. The van der Waals surface area contributed by atoms with Gasteiger partial charge < -0.3 is 20.4 Å². The molecule has 1 amide bonds. The summed E-state index contributed by atoms with van der Waals surface area (Å²) in [5.74, 6) is 0.827. The second-order valence-electron chi connectivity index (χ2n) is 6.97. The predicted octanol–water partition coefficient (Wildman–Crippen LogP) is 1.95. The summed E-state index contributed by atoms with van der Waals surface area (Å²) in [7, 11) is 4.19. The van der Waals surface area contributed by atoms with Crippen LogP contribution in [0.2, 0.25) is 0 Å². The minimum Gasteiger partial charge on any atom is -0.357 e. The van der Waals surface area contributed by atoms with Crippen LogP contribution in [0, 0.1) is 0 Å². The number of nitrogens with one attached hydrogen (secondary N) is 2. The first-order chi connectivity index (χ1) is 12.6. The van der Waals surface area contributed by atoms with Crippen LogP contribution in [0.5, 0.6) is 0 Å². The highest BCUT2D eigenvalue weighted by molar-refractivity contribution is 14.0. The Morgan fingerprint density at radius 2 is 1.85 bits per heavy atom. The Labute approximate surface area is 180 Å². The molecule has 0 aliphatic carbocycles. The van der Waals surface area contributed by atoms with E-state index in [0.29, 0.717) is 12.0 Å². The van der Waals surface area contributed by atoms with Gasteiger partial charge >= 0.3 is 0 Å². The number of benzene rings is 1. The van der Waals surface area contributed by atoms with Gasteiger partial charge in [0, 0.05) is 32.2 Å². The Balaban J connectivity index is 0.00000364. The van der Waals surface area contributed by atoms with Gasteiger partial charge in [-0.3, -0.25) is 4.79 Å². The first kappa shape index (κ1) is 23.7. The van der Waals surface area contributed by atoms with Crippen LogP contribution in [0.4, 0.5) is 0 Å². The van der Waals surface area contributed by atoms with Crippen molar-refractivity contribution in [3.8, 4) is 0 Å². The molecule has 2 rings (SSSR count). The number of aliphatic imine (C=N–C) groups is 1. The molecule has 2 N–H and O–H groups in total. The first-order valence-electron chi connectivity index (χ1n) is 9.60. The van der Waals surface area contributed by atoms with Crippen LogP contribution in [0.3, 0.4) is 0 Å². The number of carbonyl (C=O) groups is 1. The summed E-state index contributed by atoms with van der Waals surface area (Å²) in [5.41, 5.74) is 1.32. The van der Waals surface area contributed by atoms with Crippen molar-refractivity contribution in [2.75, 3.05) is 46.8 Å². The van der Waals surface area contributed by atoms with Crippen molar-refractivity contribution < 1.29 is 4.79 Å². The van der Waals surface area contributed by atoms with Crippen molar-refractivity contribution in [3.05, 3.63) is 35.9 Å². The van der Waals surface area contributed by atoms with Crippen LogP contribution in [0.25, 0.3) is 0 Å². The van der Waals surface area contributed by atoms with E-state index in [4.69, 9.17) is 0 Å². The molecule has 1 aromatic rings. The van der Waals surface area contributed by atoms with Gasteiger partial charge in [-0.1, -0.05) is 30.3 Å². The van der Waals surface area contributed by atoms with Gasteiger partial charge in [-0.2, -0.15) is 0 Å². The second kappa shape index (κ2) is 12.9. The third-order valence-corrected chi connectivity index (χ3v) is 4.73. The SMILES string of the molecule is CCNC(=NCC(=O)N1CCCC1)NCC(Cc1ccccc1)N(C)C.I. The maximum absolute atomic E-state index is 12.2. The number of rotatable bonds is 8. The number of halogens is 1. The molecule has 7 heteroatoms. The summed E-state index contributed by atoms with van der Waals surface area (Å²) in [4.78, 5) is 20.8. The van der Waals surface area contributed by atoms with Gasteiger partial charge in [0.15, 0.2) is 5.96 Å². The summed E-state index contributed by atoms with van der Waals surface area (Å²) in [6.45, 7) is 5.53. The van der Waals surface area contributed by atoms with E-state index in [0.717, 1.165) is 45.4 Å². The topological polar surface area (TPSA) is 60.0 Å². The van der Waals surface area contributed by atoms with E-state index in [1.807, 2.05) is 17.9 Å². The minimum atomic E-state index is 0. The lowest BCUT2D eigenvalue weighted by Crippen LogP contribution is -2.46. The Kier molecular flexibility index (Phi) is 11.3. The van der Waals surface area contributed by atoms with Crippen LogP contribution >= 0.6 is 24.0 Å². The monoisotopic (exact) mass is 487 g/mol. The summed E-state index contributed by atoms with van der Waals surface area (Å²) in [6.07, 6.45) is 3.18. The number of carbonyl (C=O) groups excluding carboxylic acids is 1. The average molecular weight is 487 g/mol. The van der Waals surface area contributed by atoms with Gasteiger partial charge in [-0.05, 0) is 45.8 Å². The highest BCUT2D eigenvalue weighted by Gasteiger charge is 2.18. The second-order valence-corrected chi connectivity index (χ2v) is 6.97. The molecule has 0 spiro atoms. The molecule has 152 valence electrons. The van der Waals surface area contributed by atoms with E-state index >= 15 is 0 Å². The predicted molar refractivity (Wildman–Crippen MR) is 123 cm³/mol. The largest absolute Gasteiger partial charge is 0.357 e. The molecule has 1 unspecified atom stereocenters. The Morgan fingerprint density at radius 1 is 1.19 bits per heavy atom. The summed E-state index contributed by atoms with van der Waals surface area (Å²) < 4.78 is 0. The molecule has 0 radical (unpaired) electrons. The number of guanidine groups is 1.